The molecule has 6 heteroatoms. The normalized spacial score (nSPS) is 10.7. The van der Waals surface area contributed by atoms with Crippen LogP contribution in [0.1, 0.15) is 17.3 Å². The Bertz CT molecular complexity index is 992. The largest absolute Gasteiger partial charge is 0.506 e. The van der Waals surface area contributed by atoms with Gasteiger partial charge >= 0.3 is 0 Å². The highest BCUT2D eigenvalue weighted by Gasteiger charge is 2.22. The molecule has 3 rings (SSSR count). The quantitative estimate of drug-likeness (QED) is 0.645. The number of amides is 1. The van der Waals surface area contributed by atoms with Crippen molar-refractivity contribution in [1.29, 1.82) is 0 Å². The lowest BCUT2D eigenvalue weighted by molar-refractivity contribution is 0.102. The SMILES string of the molecule is CCn1c(=O)c(C(=O)Nc2ccccc2N)c(O)c2ccccc21. The van der Waals surface area contributed by atoms with E-state index in [2.05, 4.69) is 5.32 Å². The van der Waals surface area contributed by atoms with Crippen molar-refractivity contribution in [3.05, 3.63) is 64.4 Å². The number of pyridine rings is 1. The van der Waals surface area contributed by atoms with E-state index in [1.165, 1.54) is 4.57 Å². The smallest absolute Gasteiger partial charge is 0.267 e. The summed E-state index contributed by atoms with van der Waals surface area (Å²) in [6.45, 7) is 2.19. The van der Waals surface area contributed by atoms with Gasteiger partial charge in [-0.25, -0.2) is 0 Å². The van der Waals surface area contributed by atoms with E-state index in [0.29, 0.717) is 28.8 Å². The molecular formula is C18H17N3O3. The lowest BCUT2D eigenvalue weighted by atomic mass is 10.1. The third-order valence-corrected chi connectivity index (χ3v) is 3.90. The van der Waals surface area contributed by atoms with E-state index < -0.39 is 11.5 Å². The number of hydrogen-bond donors (Lipinski definition) is 3. The summed E-state index contributed by atoms with van der Waals surface area (Å²) in [4.78, 5) is 25.2. The summed E-state index contributed by atoms with van der Waals surface area (Å²) >= 11 is 0. The molecule has 0 unspecified atom stereocenters. The fourth-order valence-corrected chi connectivity index (χ4v) is 2.70. The van der Waals surface area contributed by atoms with Gasteiger partial charge in [-0.05, 0) is 31.2 Å². The summed E-state index contributed by atoms with van der Waals surface area (Å²) in [5.41, 5.74) is 6.32. The highest BCUT2D eigenvalue weighted by Crippen LogP contribution is 2.27. The van der Waals surface area contributed by atoms with Crippen LogP contribution in [0, 0.1) is 0 Å². The number of carbonyl (C=O) groups is 1. The fourth-order valence-electron chi connectivity index (χ4n) is 2.70. The Kier molecular flexibility index (Phi) is 3.95. The van der Waals surface area contributed by atoms with Crippen molar-refractivity contribution < 1.29 is 9.90 Å². The minimum Gasteiger partial charge on any atom is -0.506 e. The Balaban J connectivity index is 2.17. The molecule has 4 N–H and O–H groups in total. The number of nitrogens with one attached hydrogen (secondary N) is 1. The van der Waals surface area contributed by atoms with Gasteiger partial charge in [0.2, 0.25) is 0 Å². The Morgan fingerprint density at radius 2 is 1.83 bits per heavy atom. The molecule has 0 saturated heterocycles. The Morgan fingerprint density at radius 1 is 1.17 bits per heavy atom. The first-order valence-electron chi connectivity index (χ1n) is 7.55. The molecule has 0 fully saturated rings. The summed E-state index contributed by atoms with van der Waals surface area (Å²) in [5, 5.41) is 13.5. The zero-order valence-electron chi connectivity index (χ0n) is 13.1. The minimum atomic E-state index is -0.691. The zero-order chi connectivity index (χ0) is 17.3. The number of anilines is 2. The molecule has 6 nitrogen and oxygen atoms in total. The fraction of sp³-hybridized carbons (Fsp3) is 0.111. The van der Waals surface area contributed by atoms with Crippen molar-refractivity contribution in [2.75, 3.05) is 11.1 Å². The maximum atomic E-state index is 12.7. The van der Waals surface area contributed by atoms with Crippen molar-refractivity contribution in [1.82, 2.24) is 4.57 Å². The standard InChI is InChI=1S/C18H17N3O3/c1-2-21-14-10-6-3-7-11(14)16(22)15(18(21)24)17(23)20-13-9-5-4-8-12(13)19/h3-10,22H,2,19H2,1H3,(H,20,23). The van der Waals surface area contributed by atoms with Gasteiger partial charge in [-0.15, -0.1) is 0 Å². The second-order valence-corrected chi connectivity index (χ2v) is 5.33. The van der Waals surface area contributed by atoms with E-state index in [1.807, 2.05) is 6.92 Å². The number of aromatic hydroxyl groups is 1. The van der Waals surface area contributed by atoms with Crippen LogP contribution in [0.4, 0.5) is 11.4 Å². The lowest BCUT2D eigenvalue weighted by Gasteiger charge is -2.14. The number of nitrogens with two attached hydrogens (primary N) is 1. The van der Waals surface area contributed by atoms with Crippen LogP contribution in [0.3, 0.4) is 0 Å². The number of benzene rings is 2. The Labute approximate surface area is 138 Å². The van der Waals surface area contributed by atoms with Crippen LogP contribution in [-0.2, 0) is 6.54 Å². The highest BCUT2D eigenvalue weighted by atomic mass is 16.3. The monoisotopic (exact) mass is 323 g/mol. The molecule has 2 aromatic carbocycles. The van der Waals surface area contributed by atoms with E-state index in [4.69, 9.17) is 5.73 Å². The number of para-hydroxylation sites is 3. The third-order valence-electron chi connectivity index (χ3n) is 3.90. The van der Waals surface area contributed by atoms with Gasteiger partial charge in [0.15, 0.2) is 0 Å². The van der Waals surface area contributed by atoms with E-state index in [9.17, 15) is 14.7 Å². The van der Waals surface area contributed by atoms with E-state index in [-0.39, 0.29) is 11.3 Å². The maximum Gasteiger partial charge on any atom is 0.267 e. The van der Waals surface area contributed by atoms with Gasteiger partial charge in [-0.1, -0.05) is 24.3 Å². The van der Waals surface area contributed by atoms with Crippen LogP contribution in [0.5, 0.6) is 5.75 Å². The van der Waals surface area contributed by atoms with Crippen molar-refractivity contribution in [3.63, 3.8) is 0 Å². The molecular weight excluding hydrogens is 306 g/mol. The van der Waals surface area contributed by atoms with Gasteiger partial charge in [-0.3, -0.25) is 9.59 Å². The molecule has 0 aliphatic carbocycles. The average molecular weight is 323 g/mol. The Morgan fingerprint density at radius 3 is 2.54 bits per heavy atom. The minimum absolute atomic E-state index is 0.293. The topological polar surface area (TPSA) is 97.4 Å². The number of nitrogen functional groups attached to an aromatic ring is 1. The van der Waals surface area contributed by atoms with Crippen molar-refractivity contribution in [3.8, 4) is 5.75 Å². The molecule has 1 amide bonds. The molecule has 122 valence electrons. The number of aromatic nitrogens is 1. The van der Waals surface area contributed by atoms with Crippen LogP contribution in [0.15, 0.2) is 53.3 Å². The number of hydrogen-bond acceptors (Lipinski definition) is 4. The number of fused-ring (bicyclic) bond motifs is 1. The molecule has 0 bridgehead atoms. The zero-order valence-corrected chi connectivity index (χ0v) is 13.1. The molecule has 0 atom stereocenters. The van der Waals surface area contributed by atoms with E-state index in [1.54, 1.807) is 48.5 Å². The first-order valence-corrected chi connectivity index (χ1v) is 7.55. The molecule has 1 aromatic heterocycles. The van der Waals surface area contributed by atoms with Gasteiger partial charge in [0.05, 0.1) is 16.9 Å². The summed E-state index contributed by atoms with van der Waals surface area (Å²) in [5.74, 6) is -1.02. The van der Waals surface area contributed by atoms with Crippen LogP contribution in [-0.4, -0.2) is 15.6 Å². The second kappa shape index (κ2) is 6.08. The van der Waals surface area contributed by atoms with Crippen molar-refractivity contribution >= 4 is 28.2 Å². The van der Waals surface area contributed by atoms with Gasteiger partial charge in [0.1, 0.15) is 11.3 Å². The van der Waals surface area contributed by atoms with Gasteiger partial charge in [-0.2, -0.15) is 0 Å². The third kappa shape index (κ3) is 2.48. The summed E-state index contributed by atoms with van der Waals surface area (Å²) in [6, 6.07) is 13.6. The first-order chi connectivity index (χ1) is 11.5. The first kappa shape index (κ1) is 15.6. The molecule has 0 aliphatic rings. The maximum absolute atomic E-state index is 12.7. The van der Waals surface area contributed by atoms with Crippen molar-refractivity contribution in [2.45, 2.75) is 13.5 Å². The predicted octanol–water partition coefficient (Wildman–Crippen LogP) is 2.56. The predicted molar refractivity (Wildman–Crippen MR) is 94.4 cm³/mol. The molecule has 0 spiro atoms. The molecule has 24 heavy (non-hydrogen) atoms. The van der Waals surface area contributed by atoms with Crippen molar-refractivity contribution in [2.24, 2.45) is 0 Å². The van der Waals surface area contributed by atoms with Crippen LogP contribution in [0.2, 0.25) is 0 Å². The van der Waals surface area contributed by atoms with E-state index >= 15 is 0 Å². The molecule has 0 aliphatic heterocycles. The van der Waals surface area contributed by atoms with Gasteiger partial charge in [0.25, 0.3) is 11.5 Å². The lowest BCUT2D eigenvalue weighted by Crippen LogP contribution is -2.29. The van der Waals surface area contributed by atoms with Crippen LogP contribution < -0.4 is 16.6 Å². The van der Waals surface area contributed by atoms with Crippen LogP contribution >= 0.6 is 0 Å². The summed E-state index contributed by atoms with van der Waals surface area (Å²) in [7, 11) is 0. The number of rotatable bonds is 3. The number of nitrogens with zero attached hydrogens (tertiary/aromatic N) is 1. The second-order valence-electron chi connectivity index (χ2n) is 5.33. The number of aryl methyl sites for hydroxylation is 1. The van der Waals surface area contributed by atoms with Gasteiger partial charge < -0.3 is 20.7 Å². The summed E-state index contributed by atoms with van der Waals surface area (Å²) < 4.78 is 1.46. The number of carbonyl (C=O) groups excluding carboxylic acids is 1. The molecule has 0 radical (unpaired) electrons. The average Bonchev–Trinajstić information content (AvgIpc) is 2.57. The van der Waals surface area contributed by atoms with Crippen LogP contribution in [0.25, 0.3) is 10.9 Å². The van der Waals surface area contributed by atoms with E-state index in [0.717, 1.165) is 0 Å². The van der Waals surface area contributed by atoms with Gasteiger partial charge in [0, 0.05) is 11.9 Å². The highest BCUT2D eigenvalue weighted by molar-refractivity contribution is 6.10. The molecule has 0 saturated carbocycles. The Hall–Kier alpha value is -3.28. The molecule has 3 aromatic rings. The molecule has 1 heterocycles. The summed E-state index contributed by atoms with van der Waals surface area (Å²) in [6.07, 6.45) is 0.